The molecule has 1 aromatic heterocycles. The Hall–Kier alpha value is -1.50. The smallest absolute Gasteiger partial charge is 0.280 e. The SMILES string of the molecule is O=c1cc(C(F)F)nc(N2CCNCC2)[nH]1. The van der Waals surface area contributed by atoms with E-state index in [0.29, 0.717) is 13.1 Å². The van der Waals surface area contributed by atoms with Gasteiger partial charge in [0.1, 0.15) is 5.69 Å². The first-order valence-electron chi connectivity index (χ1n) is 5.02. The number of nitrogens with zero attached hydrogens (tertiary/aromatic N) is 2. The molecule has 2 N–H and O–H groups in total. The van der Waals surface area contributed by atoms with Gasteiger partial charge in [0.2, 0.25) is 5.95 Å². The highest BCUT2D eigenvalue weighted by Crippen LogP contribution is 2.16. The van der Waals surface area contributed by atoms with Crippen LogP contribution in [0.5, 0.6) is 0 Å². The highest BCUT2D eigenvalue weighted by molar-refractivity contribution is 5.31. The average Bonchev–Trinajstić information content (AvgIpc) is 2.29. The van der Waals surface area contributed by atoms with Gasteiger partial charge in [0.15, 0.2) is 0 Å². The molecular weight excluding hydrogens is 218 g/mol. The summed E-state index contributed by atoms with van der Waals surface area (Å²) < 4.78 is 24.9. The number of halogens is 2. The maximum atomic E-state index is 12.4. The number of nitrogens with one attached hydrogen (secondary N) is 2. The van der Waals surface area contributed by atoms with Crippen molar-refractivity contribution in [3.63, 3.8) is 0 Å². The van der Waals surface area contributed by atoms with Crippen molar-refractivity contribution < 1.29 is 8.78 Å². The van der Waals surface area contributed by atoms with Gasteiger partial charge in [0.25, 0.3) is 12.0 Å². The lowest BCUT2D eigenvalue weighted by Crippen LogP contribution is -2.44. The van der Waals surface area contributed by atoms with E-state index in [2.05, 4.69) is 15.3 Å². The van der Waals surface area contributed by atoms with Crippen molar-refractivity contribution in [2.24, 2.45) is 0 Å². The number of hydrogen-bond donors (Lipinski definition) is 2. The van der Waals surface area contributed by atoms with Crippen LogP contribution in [-0.4, -0.2) is 36.1 Å². The minimum Gasteiger partial charge on any atom is -0.340 e. The number of hydrogen-bond acceptors (Lipinski definition) is 4. The Kier molecular flexibility index (Phi) is 3.14. The standard InChI is InChI=1S/C9H12F2N4O/c10-8(11)6-5-7(16)14-9(13-6)15-3-1-12-2-4-15/h5,8,12H,1-4H2,(H,13,14,16). The fourth-order valence-electron chi connectivity index (χ4n) is 1.60. The van der Waals surface area contributed by atoms with Gasteiger partial charge in [-0.1, -0.05) is 0 Å². The van der Waals surface area contributed by atoms with E-state index < -0.39 is 17.7 Å². The van der Waals surface area contributed by atoms with E-state index in [1.807, 2.05) is 0 Å². The second-order valence-electron chi connectivity index (χ2n) is 3.53. The summed E-state index contributed by atoms with van der Waals surface area (Å²) in [6.45, 7) is 2.80. The van der Waals surface area contributed by atoms with Crippen molar-refractivity contribution in [3.8, 4) is 0 Å². The number of alkyl halides is 2. The number of aromatic amines is 1. The van der Waals surface area contributed by atoms with Crippen LogP contribution in [0.15, 0.2) is 10.9 Å². The van der Waals surface area contributed by atoms with Crippen LogP contribution in [0.2, 0.25) is 0 Å². The van der Waals surface area contributed by atoms with Gasteiger partial charge in [0.05, 0.1) is 0 Å². The Labute approximate surface area is 90.5 Å². The van der Waals surface area contributed by atoms with E-state index in [1.165, 1.54) is 0 Å². The van der Waals surface area contributed by atoms with Crippen LogP contribution in [0, 0.1) is 0 Å². The third kappa shape index (κ3) is 2.35. The van der Waals surface area contributed by atoms with Crippen LogP contribution >= 0.6 is 0 Å². The third-order valence-corrected chi connectivity index (χ3v) is 2.39. The Bertz CT molecular complexity index is 414. The number of rotatable bonds is 2. The lowest BCUT2D eigenvalue weighted by molar-refractivity contribution is 0.146. The molecule has 1 aliphatic heterocycles. The molecule has 1 saturated heterocycles. The molecule has 0 aromatic carbocycles. The van der Waals surface area contributed by atoms with Crippen molar-refractivity contribution in [3.05, 3.63) is 22.1 Å². The first-order chi connectivity index (χ1) is 7.66. The normalized spacial score (nSPS) is 16.8. The molecule has 2 heterocycles. The highest BCUT2D eigenvalue weighted by Gasteiger charge is 2.16. The summed E-state index contributed by atoms with van der Waals surface area (Å²) >= 11 is 0. The van der Waals surface area contributed by atoms with Crippen molar-refractivity contribution >= 4 is 5.95 Å². The van der Waals surface area contributed by atoms with Crippen LogP contribution in [-0.2, 0) is 0 Å². The zero-order chi connectivity index (χ0) is 11.5. The zero-order valence-corrected chi connectivity index (χ0v) is 8.54. The summed E-state index contributed by atoms with van der Waals surface area (Å²) in [5.41, 5.74) is -1.02. The molecule has 0 radical (unpaired) electrons. The molecule has 0 amide bonds. The van der Waals surface area contributed by atoms with E-state index in [-0.39, 0.29) is 5.95 Å². The van der Waals surface area contributed by atoms with E-state index >= 15 is 0 Å². The fraction of sp³-hybridized carbons (Fsp3) is 0.556. The molecule has 1 aliphatic rings. The lowest BCUT2D eigenvalue weighted by atomic mass is 10.4. The molecule has 0 atom stereocenters. The average molecular weight is 230 g/mol. The summed E-state index contributed by atoms with van der Waals surface area (Å²) in [6.07, 6.45) is -2.72. The molecule has 1 fully saturated rings. The lowest BCUT2D eigenvalue weighted by Gasteiger charge is -2.27. The minimum absolute atomic E-state index is 0.226. The van der Waals surface area contributed by atoms with Crippen LogP contribution in [0.1, 0.15) is 12.1 Å². The zero-order valence-electron chi connectivity index (χ0n) is 8.54. The summed E-state index contributed by atoms with van der Waals surface area (Å²) in [5, 5.41) is 3.13. The molecule has 0 spiro atoms. The van der Waals surface area contributed by atoms with Gasteiger partial charge in [-0.05, 0) is 0 Å². The summed E-state index contributed by atoms with van der Waals surface area (Å²) in [4.78, 5) is 19.2. The largest absolute Gasteiger partial charge is 0.340 e. The number of piperazine rings is 1. The van der Waals surface area contributed by atoms with Crippen molar-refractivity contribution in [2.75, 3.05) is 31.1 Å². The van der Waals surface area contributed by atoms with Gasteiger partial charge >= 0.3 is 0 Å². The predicted octanol–water partition coefficient (Wildman–Crippen LogP) is 0.117. The molecule has 0 unspecified atom stereocenters. The van der Waals surface area contributed by atoms with Crippen LogP contribution in [0.3, 0.4) is 0 Å². The van der Waals surface area contributed by atoms with Crippen LogP contribution in [0.25, 0.3) is 0 Å². The third-order valence-electron chi connectivity index (χ3n) is 2.39. The maximum Gasteiger partial charge on any atom is 0.280 e. The van der Waals surface area contributed by atoms with Gasteiger partial charge in [-0.2, -0.15) is 0 Å². The Morgan fingerprint density at radius 1 is 1.38 bits per heavy atom. The second-order valence-corrected chi connectivity index (χ2v) is 3.53. The van der Waals surface area contributed by atoms with Crippen molar-refractivity contribution in [2.45, 2.75) is 6.43 Å². The fourth-order valence-corrected chi connectivity index (χ4v) is 1.60. The van der Waals surface area contributed by atoms with Crippen molar-refractivity contribution in [1.82, 2.24) is 15.3 Å². The topological polar surface area (TPSA) is 61.0 Å². The molecule has 88 valence electrons. The Morgan fingerprint density at radius 3 is 2.69 bits per heavy atom. The molecule has 5 nitrogen and oxygen atoms in total. The quantitative estimate of drug-likeness (QED) is 0.757. The first-order valence-corrected chi connectivity index (χ1v) is 5.02. The molecule has 2 rings (SSSR count). The molecular formula is C9H12F2N4O. The maximum absolute atomic E-state index is 12.4. The Morgan fingerprint density at radius 2 is 2.06 bits per heavy atom. The van der Waals surface area contributed by atoms with Crippen molar-refractivity contribution in [1.29, 1.82) is 0 Å². The summed E-state index contributed by atoms with van der Waals surface area (Å²) in [6, 6.07) is 0.830. The van der Waals surface area contributed by atoms with E-state index in [4.69, 9.17) is 0 Å². The molecule has 16 heavy (non-hydrogen) atoms. The monoisotopic (exact) mass is 230 g/mol. The van der Waals surface area contributed by atoms with Gasteiger partial charge in [-0.3, -0.25) is 9.78 Å². The van der Waals surface area contributed by atoms with E-state index in [1.54, 1.807) is 4.90 Å². The summed E-state index contributed by atoms with van der Waals surface area (Å²) in [5.74, 6) is 0.226. The molecule has 0 aliphatic carbocycles. The number of anilines is 1. The second kappa shape index (κ2) is 4.56. The molecule has 0 saturated carbocycles. The van der Waals surface area contributed by atoms with E-state index in [9.17, 15) is 13.6 Å². The number of aromatic nitrogens is 2. The highest BCUT2D eigenvalue weighted by atomic mass is 19.3. The van der Waals surface area contributed by atoms with E-state index in [0.717, 1.165) is 19.2 Å². The van der Waals surface area contributed by atoms with Crippen LogP contribution in [0.4, 0.5) is 14.7 Å². The van der Waals surface area contributed by atoms with Crippen LogP contribution < -0.4 is 15.8 Å². The molecule has 1 aromatic rings. The first kappa shape index (κ1) is 11.0. The minimum atomic E-state index is -2.72. The van der Waals surface area contributed by atoms with Gasteiger partial charge in [-0.25, -0.2) is 13.8 Å². The van der Waals surface area contributed by atoms with Gasteiger partial charge in [-0.15, -0.1) is 0 Å². The number of H-pyrrole nitrogens is 1. The Balaban J connectivity index is 2.29. The molecule has 7 heteroatoms. The summed E-state index contributed by atoms with van der Waals surface area (Å²) in [7, 11) is 0. The van der Waals surface area contributed by atoms with Gasteiger partial charge < -0.3 is 10.2 Å². The predicted molar refractivity (Wildman–Crippen MR) is 54.9 cm³/mol. The molecule has 0 bridgehead atoms. The van der Waals surface area contributed by atoms with Gasteiger partial charge in [0, 0.05) is 32.2 Å².